The number of Topliss-reactive ketones (excluding diaryl/α,β-unsaturated/α-hetero) is 2. The highest BCUT2D eigenvalue weighted by molar-refractivity contribution is 7.16. The van der Waals surface area contributed by atoms with Gasteiger partial charge in [0.15, 0.2) is 11.6 Å². The first-order chi connectivity index (χ1) is 12.2. The molecule has 2 rings (SSSR count). The fraction of sp³-hybridized carbons (Fsp3) is 0.350. The van der Waals surface area contributed by atoms with E-state index in [-0.39, 0.29) is 18.0 Å². The Hall–Kier alpha value is -2.31. The predicted molar refractivity (Wildman–Crippen MR) is 102 cm³/mol. The summed E-state index contributed by atoms with van der Waals surface area (Å²) in [6.45, 7) is 3.31. The zero-order valence-corrected chi connectivity index (χ0v) is 15.7. The number of aryl methyl sites for hydroxylation is 1. The monoisotopic (exact) mass is 373 g/mol. The van der Waals surface area contributed by atoms with Gasteiger partial charge in [0.1, 0.15) is 0 Å². The van der Waals surface area contributed by atoms with Gasteiger partial charge in [0.05, 0.1) is 22.2 Å². The first kappa shape index (κ1) is 20.0. The van der Waals surface area contributed by atoms with E-state index in [1.807, 2.05) is 30.3 Å². The van der Waals surface area contributed by atoms with Gasteiger partial charge in [-0.05, 0) is 29.5 Å². The number of carbonyl (C=O) groups excluding carboxylic acids is 2. The maximum absolute atomic E-state index is 12.6. The van der Waals surface area contributed by atoms with E-state index in [1.54, 1.807) is 26.0 Å². The smallest absolute Gasteiger partial charge is 0.303 e. The molecule has 1 heterocycles. The van der Waals surface area contributed by atoms with E-state index in [4.69, 9.17) is 10.8 Å². The molecule has 0 spiro atoms. The number of benzene rings is 1. The quantitative estimate of drug-likeness (QED) is 0.655. The SMILES string of the molecule is CC(C)(CC(=O)O)C(N)C(=O)c1ccc(C(=O)CCc2ccccc2)s1. The number of carboxylic acid groups (broad SMARTS) is 1. The third kappa shape index (κ3) is 5.09. The van der Waals surface area contributed by atoms with Crippen LogP contribution in [0.15, 0.2) is 42.5 Å². The molecule has 5 nitrogen and oxygen atoms in total. The lowest BCUT2D eigenvalue weighted by molar-refractivity contribution is -0.139. The topological polar surface area (TPSA) is 97.5 Å². The molecule has 0 aliphatic carbocycles. The minimum atomic E-state index is -0.999. The Morgan fingerprint density at radius 3 is 2.31 bits per heavy atom. The summed E-state index contributed by atoms with van der Waals surface area (Å²) in [7, 11) is 0. The van der Waals surface area contributed by atoms with Gasteiger partial charge in [-0.2, -0.15) is 0 Å². The van der Waals surface area contributed by atoms with Crippen molar-refractivity contribution in [3.8, 4) is 0 Å². The van der Waals surface area contributed by atoms with Crippen molar-refractivity contribution in [3.63, 3.8) is 0 Å². The van der Waals surface area contributed by atoms with Gasteiger partial charge >= 0.3 is 5.97 Å². The minimum Gasteiger partial charge on any atom is -0.481 e. The fourth-order valence-corrected chi connectivity index (χ4v) is 3.61. The van der Waals surface area contributed by atoms with E-state index in [9.17, 15) is 14.4 Å². The Kier molecular flexibility index (Phi) is 6.45. The van der Waals surface area contributed by atoms with Crippen molar-refractivity contribution in [2.75, 3.05) is 0 Å². The van der Waals surface area contributed by atoms with Crippen molar-refractivity contribution in [1.82, 2.24) is 0 Å². The van der Waals surface area contributed by atoms with Crippen LogP contribution in [0.3, 0.4) is 0 Å². The number of aliphatic carboxylic acids is 1. The molecule has 1 atom stereocenters. The van der Waals surface area contributed by atoms with Gasteiger partial charge in [0.25, 0.3) is 0 Å². The molecule has 138 valence electrons. The van der Waals surface area contributed by atoms with Crippen LogP contribution in [0.5, 0.6) is 0 Å². The highest BCUT2D eigenvalue weighted by Gasteiger charge is 2.35. The normalized spacial score (nSPS) is 12.6. The average molecular weight is 373 g/mol. The number of carbonyl (C=O) groups is 3. The molecule has 1 aromatic carbocycles. The van der Waals surface area contributed by atoms with Crippen LogP contribution in [0.1, 0.15) is 51.6 Å². The number of thiophene rings is 1. The van der Waals surface area contributed by atoms with Gasteiger partial charge in [-0.15, -0.1) is 11.3 Å². The second-order valence-corrected chi connectivity index (χ2v) is 8.06. The predicted octanol–water partition coefficient (Wildman–Crippen LogP) is 3.57. The van der Waals surface area contributed by atoms with E-state index in [0.717, 1.165) is 16.9 Å². The molecule has 0 amide bonds. The largest absolute Gasteiger partial charge is 0.481 e. The third-order valence-corrected chi connectivity index (χ3v) is 5.48. The van der Waals surface area contributed by atoms with Crippen molar-refractivity contribution < 1.29 is 19.5 Å². The van der Waals surface area contributed by atoms with Crippen molar-refractivity contribution in [1.29, 1.82) is 0 Å². The molecule has 0 fully saturated rings. The first-order valence-electron chi connectivity index (χ1n) is 8.39. The molecule has 0 radical (unpaired) electrons. The van der Waals surface area contributed by atoms with Gasteiger partial charge in [-0.1, -0.05) is 44.2 Å². The lowest BCUT2D eigenvalue weighted by atomic mass is 9.79. The maximum atomic E-state index is 12.6. The summed E-state index contributed by atoms with van der Waals surface area (Å²) in [5, 5.41) is 8.97. The molecule has 0 aliphatic rings. The highest BCUT2D eigenvalue weighted by Crippen LogP contribution is 2.29. The Morgan fingerprint density at radius 2 is 1.69 bits per heavy atom. The second-order valence-electron chi connectivity index (χ2n) is 6.97. The first-order valence-corrected chi connectivity index (χ1v) is 9.21. The van der Waals surface area contributed by atoms with Gasteiger partial charge in [-0.3, -0.25) is 14.4 Å². The summed E-state index contributed by atoms with van der Waals surface area (Å²) in [6.07, 6.45) is 0.814. The summed E-state index contributed by atoms with van der Waals surface area (Å²) in [5.41, 5.74) is 6.22. The number of ketones is 2. The maximum Gasteiger partial charge on any atom is 0.303 e. The lowest BCUT2D eigenvalue weighted by Crippen LogP contribution is -2.44. The van der Waals surface area contributed by atoms with Crippen molar-refractivity contribution in [2.24, 2.45) is 11.1 Å². The van der Waals surface area contributed by atoms with Crippen LogP contribution >= 0.6 is 11.3 Å². The van der Waals surface area contributed by atoms with E-state index >= 15 is 0 Å². The summed E-state index contributed by atoms with van der Waals surface area (Å²) >= 11 is 1.12. The summed E-state index contributed by atoms with van der Waals surface area (Å²) in [4.78, 5) is 36.8. The lowest BCUT2D eigenvalue weighted by Gasteiger charge is -2.28. The Balaban J connectivity index is 2.02. The Bertz CT molecular complexity index is 795. The third-order valence-electron chi connectivity index (χ3n) is 4.34. The number of carboxylic acids is 1. The number of rotatable bonds is 9. The number of nitrogens with two attached hydrogens (primary N) is 1. The van der Waals surface area contributed by atoms with E-state index in [0.29, 0.717) is 22.6 Å². The minimum absolute atomic E-state index is 0.0173. The summed E-state index contributed by atoms with van der Waals surface area (Å²) in [5.74, 6) is -1.35. The standard InChI is InChI=1S/C20H23NO4S/c1-20(2,12-17(23)24)19(21)18(25)16-11-10-15(26-16)14(22)9-8-13-6-4-3-5-7-13/h3-7,10-11,19H,8-9,12,21H2,1-2H3,(H,23,24). The molecule has 3 N–H and O–H groups in total. The molecule has 0 saturated heterocycles. The van der Waals surface area contributed by atoms with Crippen LogP contribution in [0.2, 0.25) is 0 Å². The fourth-order valence-electron chi connectivity index (χ4n) is 2.65. The molecular formula is C20H23NO4S. The van der Waals surface area contributed by atoms with Crippen LogP contribution < -0.4 is 5.73 Å². The van der Waals surface area contributed by atoms with Crippen LogP contribution in [0, 0.1) is 5.41 Å². The van der Waals surface area contributed by atoms with Gasteiger partial charge in [0.2, 0.25) is 0 Å². The average Bonchev–Trinajstić information content (AvgIpc) is 3.08. The summed E-state index contributed by atoms with van der Waals surface area (Å²) < 4.78 is 0. The van der Waals surface area contributed by atoms with Gasteiger partial charge in [0, 0.05) is 6.42 Å². The van der Waals surface area contributed by atoms with Crippen molar-refractivity contribution in [3.05, 3.63) is 57.8 Å². The van der Waals surface area contributed by atoms with Gasteiger partial charge < -0.3 is 10.8 Å². The number of hydrogen-bond acceptors (Lipinski definition) is 5. The van der Waals surface area contributed by atoms with E-state index in [1.165, 1.54) is 0 Å². The highest BCUT2D eigenvalue weighted by atomic mass is 32.1. The van der Waals surface area contributed by atoms with Crippen LogP contribution in [0.25, 0.3) is 0 Å². The molecule has 0 aliphatic heterocycles. The molecule has 26 heavy (non-hydrogen) atoms. The molecule has 6 heteroatoms. The zero-order valence-electron chi connectivity index (χ0n) is 14.9. The van der Waals surface area contributed by atoms with E-state index < -0.39 is 17.4 Å². The molecule has 0 bridgehead atoms. The van der Waals surface area contributed by atoms with E-state index in [2.05, 4.69) is 0 Å². The molecule has 1 unspecified atom stereocenters. The molecule has 0 saturated carbocycles. The Morgan fingerprint density at radius 1 is 1.08 bits per heavy atom. The van der Waals surface area contributed by atoms with Crippen LogP contribution in [0.4, 0.5) is 0 Å². The van der Waals surface area contributed by atoms with Gasteiger partial charge in [-0.25, -0.2) is 0 Å². The summed E-state index contributed by atoms with van der Waals surface area (Å²) in [6, 6.07) is 12.0. The van der Waals surface area contributed by atoms with Crippen molar-refractivity contribution >= 4 is 28.9 Å². The van der Waals surface area contributed by atoms with Crippen LogP contribution in [-0.4, -0.2) is 28.7 Å². The molecular weight excluding hydrogens is 350 g/mol. The Labute approximate surface area is 156 Å². The van der Waals surface area contributed by atoms with Crippen LogP contribution in [-0.2, 0) is 11.2 Å². The number of hydrogen-bond donors (Lipinski definition) is 2. The zero-order chi connectivity index (χ0) is 19.3. The van der Waals surface area contributed by atoms with Crippen molar-refractivity contribution in [2.45, 2.75) is 39.2 Å². The molecule has 2 aromatic rings. The molecule has 1 aromatic heterocycles. The second kappa shape index (κ2) is 8.38.